The van der Waals surface area contributed by atoms with E-state index in [1.807, 2.05) is 0 Å². The minimum Gasteiger partial charge on any atom is -0.462 e. The highest BCUT2D eigenvalue weighted by molar-refractivity contribution is 7.47. The Kier molecular flexibility index (Phi) is 66.5. The Balaban J connectivity index is 5.11. The SMILES string of the molecule is CCCCCCCCCCCCCCCCCCCCCCCCC(=O)O[C@H](COC(=O)CCCCCCCCCCCCCCC(C)C)COP(=O)(O)OC[C@@H](O)COP(=O)(O)OC[C@@H](COC(=O)CCCCCCC)OC(=O)CCCCCCCCCCCCC(C)C. The fraction of sp³-hybridized carbons (Fsp3) is 0.947. The van der Waals surface area contributed by atoms with Crippen molar-refractivity contribution in [2.24, 2.45) is 11.8 Å². The fourth-order valence-electron chi connectivity index (χ4n) is 11.7. The molecular formula is C76H148O17P2. The smallest absolute Gasteiger partial charge is 0.462 e. The topological polar surface area (TPSA) is 237 Å². The molecule has 0 rings (SSSR count). The molecule has 0 heterocycles. The fourth-order valence-corrected chi connectivity index (χ4v) is 13.2. The molecule has 19 heteroatoms. The normalized spacial score (nSPS) is 14.0. The minimum absolute atomic E-state index is 0.105. The zero-order chi connectivity index (χ0) is 70.0. The molecule has 17 nitrogen and oxygen atoms in total. The van der Waals surface area contributed by atoms with Crippen molar-refractivity contribution in [1.82, 2.24) is 0 Å². The first kappa shape index (κ1) is 93.1. The summed E-state index contributed by atoms with van der Waals surface area (Å²) < 4.78 is 68.3. The van der Waals surface area contributed by atoms with Crippen LogP contribution in [0.3, 0.4) is 0 Å². The summed E-state index contributed by atoms with van der Waals surface area (Å²) in [5, 5.41) is 10.6. The van der Waals surface area contributed by atoms with Crippen LogP contribution in [0.1, 0.15) is 395 Å². The molecule has 564 valence electrons. The van der Waals surface area contributed by atoms with Crippen molar-refractivity contribution in [3.05, 3.63) is 0 Å². The Morgan fingerprint density at radius 1 is 0.284 bits per heavy atom. The molecule has 5 atom stereocenters. The van der Waals surface area contributed by atoms with Gasteiger partial charge < -0.3 is 33.8 Å². The summed E-state index contributed by atoms with van der Waals surface area (Å²) in [4.78, 5) is 72.5. The van der Waals surface area contributed by atoms with E-state index in [0.29, 0.717) is 25.7 Å². The first-order chi connectivity index (χ1) is 45.9. The first-order valence-corrected chi connectivity index (χ1v) is 42.5. The number of hydrogen-bond donors (Lipinski definition) is 3. The van der Waals surface area contributed by atoms with Crippen molar-refractivity contribution in [2.75, 3.05) is 39.6 Å². The van der Waals surface area contributed by atoms with Crippen molar-refractivity contribution in [3.63, 3.8) is 0 Å². The van der Waals surface area contributed by atoms with Crippen LogP contribution in [0.2, 0.25) is 0 Å². The van der Waals surface area contributed by atoms with Gasteiger partial charge in [0.25, 0.3) is 0 Å². The van der Waals surface area contributed by atoms with Crippen LogP contribution >= 0.6 is 15.6 Å². The van der Waals surface area contributed by atoms with E-state index in [-0.39, 0.29) is 25.7 Å². The van der Waals surface area contributed by atoms with Gasteiger partial charge in [0.05, 0.1) is 26.4 Å². The lowest BCUT2D eigenvalue weighted by Gasteiger charge is -2.21. The van der Waals surface area contributed by atoms with Gasteiger partial charge in [0.1, 0.15) is 19.3 Å². The average molecular weight is 1400 g/mol. The molecular weight excluding hydrogens is 1250 g/mol. The van der Waals surface area contributed by atoms with Gasteiger partial charge in [-0.1, -0.05) is 343 Å². The van der Waals surface area contributed by atoms with Crippen LogP contribution in [0.5, 0.6) is 0 Å². The highest BCUT2D eigenvalue weighted by Gasteiger charge is 2.30. The van der Waals surface area contributed by atoms with Gasteiger partial charge in [0, 0.05) is 25.7 Å². The van der Waals surface area contributed by atoms with E-state index in [1.54, 1.807) is 0 Å². The molecule has 0 radical (unpaired) electrons. The lowest BCUT2D eigenvalue weighted by Crippen LogP contribution is -2.30. The monoisotopic (exact) mass is 1400 g/mol. The maximum atomic E-state index is 13.1. The molecule has 95 heavy (non-hydrogen) atoms. The molecule has 0 aliphatic heterocycles. The number of phosphoric acid groups is 2. The van der Waals surface area contributed by atoms with Crippen molar-refractivity contribution < 1.29 is 80.2 Å². The number of phosphoric ester groups is 2. The third-order valence-corrected chi connectivity index (χ3v) is 19.6. The third kappa shape index (κ3) is 70.3. The van der Waals surface area contributed by atoms with E-state index in [4.69, 9.17) is 37.0 Å². The molecule has 0 spiro atoms. The highest BCUT2D eigenvalue weighted by Crippen LogP contribution is 2.45. The lowest BCUT2D eigenvalue weighted by molar-refractivity contribution is -0.161. The summed E-state index contributed by atoms with van der Waals surface area (Å²) in [6.45, 7) is 9.50. The Labute approximate surface area is 581 Å². The van der Waals surface area contributed by atoms with Crippen LogP contribution in [0.25, 0.3) is 0 Å². The van der Waals surface area contributed by atoms with Crippen LogP contribution in [0.4, 0.5) is 0 Å². The number of aliphatic hydroxyl groups excluding tert-OH is 1. The van der Waals surface area contributed by atoms with Gasteiger partial charge in [-0.3, -0.25) is 37.3 Å². The van der Waals surface area contributed by atoms with Crippen LogP contribution in [0, 0.1) is 11.8 Å². The summed E-state index contributed by atoms with van der Waals surface area (Å²) in [6, 6.07) is 0. The van der Waals surface area contributed by atoms with Gasteiger partial charge in [-0.2, -0.15) is 0 Å². The summed E-state index contributed by atoms with van der Waals surface area (Å²) in [5.41, 5.74) is 0. The predicted octanol–water partition coefficient (Wildman–Crippen LogP) is 22.3. The van der Waals surface area contributed by atoms with E-state index in [0.717, 1.165) is 108 Å². The van der Waals surface area contributed by atoms with Crippen LogP contribution < -0.4 is 0 Å². The number of esters is 4. The number of rotatable bonds is 75. The Morgan fingerprint density at radius 2 is 0.484 bits per heavy atom. The van der Waals surface area contributed by atoms with Gasteiger partial charge in [-0.15, -0.1) is 0 Å². The molecule has 0 saturated carbocycles. The summed E-state index contributed by atoms with van der Waals surface area (Å²) in [7, 11) is -9.90. The highest BCUT2D eigenvalue weighted by atomic mass is 31.2. The minimum atomic E-state index is -4.96. The van der Waals surface area contributed by atoms with E-state index < -0.39 is 97.5 Å². The van der Waals surface area contributed by atoms with Crippen LogP contribution in [-0.2, 0) is 65.4 Å². The zero-order valence-electron chi connectivity index (χ0n) is 62.0. The molecule has 0 aromatic carbocycles. The molecule has 2 unspecified atom stereocenters. The van der Waals surface area contributed by atoms with E-state index >= 15 is 0 Å². The Bertz CT molecular complexity index is 1840. The summed E-state index contributed by atoms with van der Waals surface area (Å²) in [5.74, 6) is -0.595. The predicted molar refractivity (Wildman–Crippen MR) is 386 cm³/mol. The van der Waals surface area contributed by atoms with E-state index in [9.17, 15) is 43.2 Å². The van der Waals surface area contributed by atoms with Gasteiger partial charge in [0.15, 0.2) is 12.2 Å². The third-order valence-electron chi connectivity index (χ3n) is 17.7. The molecule has 0 amide bonds. The Morgan fingerprint density at radius 3 is 0.716 bits per heavy atom. The Hall–Kier alpha value is -1.94. The zero-order valence-corrected chi connectivity index (χ0v) is 63.8. The first-order valence-electron chi connectivity index (χ1n) is 39.5. The molecule has 0 aromatic rings. The number of unbranched alkanes of at least 4 members (excludes halogenated alkanes) is 45. The summed E-state index contributed by atoms with van der Waals surface area (Å²) >= 11 is 0. The second kappa shape index (κ2) is 67.9. The van der Waals surface area contributed by atoms with Crippen molar-refractivity contribution in [1.29, 1.82) is 0 Å². The molecule has 0 aliphatic rings. The van der Waals surface area contributed by atoms with Gasteiger partial charge in [-0.05, 0) is 37.5 Å². The molecule has 3 N–H and O–H groups in total. The lowest BCUT2D eigenvalue weighted by atomic mass is 10.0. The van der Waals surface area contributed by atoms with E-state index in [2.05, 4.69) is 41.5 Å². The van der Waals surface area contributed by atoms with Gasteiger partial charge in [0.2, 0.25) is 0 Å². The summed E-state index contributed by atoms with van der Waals surface area (Å²) in [6.07, 6.45) is 56.1. The van der Waals surface area contributed by atoms with Crippen molar-refractivity contribution in [2.45, 2.75) is 413 Å². The number of hydrogen-bond acceptors (Lipinski definition) is 15. The molecule has 0 aromatic heterocycles. The molecule has 0 aliphatic carbocycles. The maximum absolute atomic E-state index is 13.1. The molecule has 0 saturated heterocycles. The van der Waals surface area contributed by atoms with Crippen LogP contribution in [-0.4, -0.2) is 96.7 Å². The quantitative estimate of drug-likeness (QED) is 0.0222. The van der Waals surface area contributed by atoms with Gasteiger partial charge in [-0.25, -0.2) is 9.13 Å². The molecule has 0 bridgehead atoms. The van der Waals surface area contributed by atoms with Crippen molar-refractivity contribution >= 4 is 39.5 Å². The number of aliphatic hydroxyl groups is 1. The maximum Gasteiger partial charge on any atom is 0.472 e. The second-order valence-corrected chi connectivity index (χ2v) is 31.3. The van der Waals surface area contributed by atoms with Gasteiger partial charge >= 0.3 is 39.5 Å². The number of ether oxygens (including phenoxy) is 4. The number of carbonyl (C=O) groups is 4. The van der Waals surface area contributed by atoms with E-state index in [1.165, 1.54) is 205 Å². The standard InChI is InChI=1S/C76H148O17P2/c1-7-9-11-13-14-15-16-17-18-19-20-21-22-23-24-25-26-31-37-42-48-54-60-76(81)93-72(65-87-74(79)59-53-47-41-36-30-28-27-29-34-39-45-50-56-68(3)4)67-91-95(84,85)89-63-70(77)62-88-94(82,83)90-66-71(64-86-73(78)58-52-44-12-10-8-2)92-75(80)61-55-49-43-38-33-32-35-40-46-51-57-69(5)6/h68-72,77H,7-67H2,1-6H3,(H,82,83)(H,84,85)/t70-,71+,72+/m0/s1. The second-order valence-electron chi connectivity index (χ2n) is 28.3. The average Bonchev–Trinajstić information content (AvgIpc) is 1.56. The molecule has 0 fully saturated rings. The van der Waals surface area contributed by atoms with Crippen molar-refractivity contribution in [3.8, 4) is 0 Å². The largest absolute Gasteiger partial charge is 0.472 e. The number of carbonyl (C=O) groups excluding carboxylic acids is 4. The van der Waals surface area contributed by atoms with Crippen LogP contribution in [0.15, 0.2) is 0 Å².